The minimum atomic E-state index is -4.25. The molecule has 1 heterocycles. The van der Waals surface area contributed by atoms with Gasteiger partial charge in [-0.15, -0.1) is 11.3 Å². The molecule has 0 aliphatic heterocycles. The van der Waals surface area contributed by atoms with Crippen molar-refractivity contribution in [2.75, 3.05) is 6.54 Å². The molecule has 0 aliphatic rings. The first kappa shape index (κ1) is 11.4. The van der Waals surface area contributed by atoms with Crippen LogP contribution in [-0.4, -0.2) is 6.54 Å². The number of hydrogen-bond donors (Lipinski definition) is 1. The van der Waals surface area contributed by atoms with E-state index in [-0.39, 0.29) is 0 Å². The number of thiophene rings is 1. The summed E-state index contributed by atoms with van der Waals surface area (Å²) in [7, 11) is 0. The highest BCUT2D eigenvalue weighted by molar-refractivity contribution is 7.19. The van der Waals surface area contributed by atoms with Gasteiger partial charge in [0.15, 0.2) is 0 Å². The largest absolute Gasteiger partial charge is 0.425 e. The van der Waals surface area contributed by atoms with Crippen LogP contribution in [0.25, 0.3) is 10.1 Å². The molecule has 0 saturated heterocycles. The van der Waals surface area contributed by atoms with Crippen LogP contribution in [0.1, 0.15) is 10.4 Å². The van der Waals surface area contributed by atoms with E-state index in [4.69, 9.17) is 5.73 Å². The van der Waals surface area contributed by atoms with Gasteiger partial charge in [0.2, 0.25) is 0 Å². The van der Waals surface area contributed by atoms with E-state index in [0.29, 0.717) is 23.1 Å². The first-order valence-corrected chi connectivity index (χ1v) is 5.62. The number of benzene rings is 1. The number of halogens is 3. The maximum atomic E-state index is 12.5. The molecule has 0 fully saturated rings. The Morgan fingerprint density at radius 1 is 1.19 bits per heavy atom. The van der Waals surface area contributed by atoms with Gasteiger partial charge in [0.25, 0.3) is 0 Å². The molecule has 0 unspecified atom stereocenters. The molecule has 0 spiro atoms. The lowest BCUT2D eigenvalue weighted by atomic mass is 10.1. The molecule has 1 aromatic carbocycles. The van der Waals surface area contributed by atoms with Crippen molar-refractivity contribution in [3.63, 3.8) is 0 Å². The summed E-state index contributed by atoms with van der Waals surface area (Å²) >= 11 is 0.778. The Balaban J connectivity index is 2.46. The Bertz CT molecular complexity index is 501. The molecule has 0 radical (unpaired) electrons. The predicted octanol–water partition coefficient (Wildman–Crippen LogP) is 3.42. The van der Waals surface area contributed by atoms with Crippen LogP contribution in [-0.2, 0) is 12.6 Å². The van der Waals surface area contributed by atoms with Gasteiger partial charge in [-0.3, -0.25) is 0 Å². The Hall–Kier alpha value is -1.07. The summed E-state index contributed by atoms with van der Waals surface area (Å²) in [5.74, 6) is 0. The number of rotatable bonds is 2. The van der Waals surface area contributed by atoms with Gasteiger partial charge in [0, 0.05) is 4.70 Å². The molecule has 1 aromatic heterocycles. The molecule has 0 saturated carbocycles. The number of alkyl halides is 3. The lowest BCUT2D eigenvalue weighted by Crippen LogP contribution is -2.01. The van der Waals surface area contributed by atoms with E-state index in [2.05, 4.69) is 0 Å². The Morgan fingerprint density at radius 2 is 1.94 bits per heavy atom. The quantitative estimate of drug-likeness (QED) is 0.862. The Morgan fingerprint density at radius 3 is 2.56 bits per heavy atom. The standard InChI is InChI=1S/C11H10F3NS/c12-11(13,14)10-6-8-2-1-7(3-4-15)5-9(8)16-10/h1-2,5-6H,3-4,15H2. The van der Waals surface area contributed by atoms with Crippen LogP contribution in [0.2, 0.25) is 0 Å². The molecule has 1 nitrogen and oxygen atoms in total. The van der Waals surface area contributed by atoms with Crippen LogP contribution < -0.4 is 5.73 Å². The van der Waals surface area contributed by atoms with Crippen LogP contribution in [0.4, 0.5) is 13.2 Å². The second-order valence-electron chi connectivity index (χ2n) is 3.52. The molecule has 16 heavy (non-hydrogen) atoms. The van der Waals surface area contributed by atoms with Crippen LogP contribution in [0.15, 0.2) is 24.3 Å². The summed E-state index contributed by atoms with van der Waals surface area (Å²) in [6.07, 6.45) is -3.56. The van der Waals surface area contributed by atoms with E-state index in [9.17, 15) is 13.2 Å². The van der Waals surface area contributed by atoms with Crippen molar-refractivity contribution in [2.45, 2.75) is 12.6 Å². The zero-order valence-corrected chi connectivity index (χ0v) is 9.16. The average molecular weight is 245 g/mol. The smallest absolute Gasteiger partial charge is 0.330 e. The first-order valence-electron chi connectivity index (χ1n) is 4.80. The molecule has 2 rings (SSSR count). The molecule has 2 N–H and O–H groups in total. The molecule has 86 valence electrons. The fraction of sp³-hybridized carbons (Fsp3) is 0.273. The Labute approximate surface area is 94.7 Å². The highest BCUT2D eigenvalue weighted by atomic mass is 32.1. The summed E-state index contributed by atoms with van der Waals surface area (Å²) in [5, 5.41) is 0.637. The van der Waals surface area contributed by atoms with E-state index >= 15 is 0 Å². The number of hydrogen-bond acceptors (Lipinski definition) is 2. The van der Waals surface area contributed by atoms with Crippen molar-refractivity contribution in [1.29, 1.82) is 0 Å². The highest BCUT2D eigenvalue weighted by Crippen LogP contribution is 2.38. The lowest BCUT2D eigenvalue weighted by molar-refractivity contribution is -0.134. The zero-order valence-electron chi connectivity index (χ0n) is 8.34. The van der Waals surface area contributed by atoms with Crippen LogP contribution >= 0.6 is 11.3 Å². The average Bonchev–Trinajstić information content (AvgIpc) is 2.60. The normalized spacial score (nSPS) is 12.2. The van der Waals surface area contributed by atoms with Crippen molar-refractivity contribution in [3.8, 4) is 0 Å². The van der Waals surface area contributed by atoms with Gasteiger partial charge >= 0.3 is 6.18 Å². The van der Waals surface area contributed by atoms with Crippen molar-refractivity contribution in [1.82, 2.24) is 0 Å². The first-order chi connectivity index (χ1) is 7.50. The molecular formula is C11H10F3NS. The summed E-state index contributed by atoms with van der Waals surface area (Å²) in [4.78, 5) is -0.549. The second kappa shape index (κ2) is 4.07. The molecule has 0 amide bonds. The van der Waals surface area contributed by atoms with Gasteiger partial charge in [-0.05, 0) is 36.0 Å². The van der Waals surface area contributed by atoms with Gasteiger partial charge in [-0.25, -0.2) is 0 Å². The monoisotopic (exact) mass is 245 g/mol. The van der Waals surface area contributed by atoms with Crippen molar-refractivity contribution >= 4 is 21.4 Å². The van der Waals surface area contributed by atoms with E-state index < -0.39 is 11.1 Å². The second-order valence-corrected chi connectivity index (χ2v) is 4.60. The minimum Gasteiger partial charge on any atom is -0.330 e. The molecular weight excluding hydrogens is 235 g/mol. The maximum Gasteiger partial charge on any atom is 0.425 e. The summed E-state index contributed by atoms with van der Waals surface area (Å²) in [6.45, 7) is 0.503. The minimum absolute atomic E-state index is 0.503. The summed E-state index contributed by atoms with van der Waals surface area (Å²) < 4.78 is 38.1. The van der Waals surface area contributed by atoms with Crippen molar-refractivity contribution < 1.29 is 13.2 Å². The van der Waals surface area contributed by atoms with E-state index in [1.54, 1.807) is 12.1 Å². The Kier molecular flexibility index (Phi) is 2.90. The van der Waals surface area contributed by atoms with E-state index in [0.717, 1.165) is 16.9 Å². The van der Waals surface area contributed by atoms with Gasteiger partial charge in [-0.1, -0.05) is 12.1 Å². The predicted molar refractivity (Wildman–Crippen MR) is 59.6 cm³/mol. The third-order valence-corrected chi connectivity index (χ3v) is 3.44. The fourth-order valence-electron chi connectivity index (χ4n) is 1.54. The van der Waals surface area contributed by atoms with Crippen LogP contribution in [0.3, 0.4) is 0 Å². The molecule has 0 aliphatic carbocycles. The van der Waals surface area contributed by atoms with Crippen molar-refractivity contribution in [3.05, 3.63) is 34.7 Å². The highest BCUT2D eigenvalue weighted by Gasteiger charge is 2.32. The fourth-order valence-corrected chi connectivity index (χ4v) is 2.53. The lowest BCUT2D eigenvalue weighted by Gasteiger charge is -1.99. The van der Waals surface area contributed by atoms with Gasteiger partial charge < -0.3 is 5.73 Å². The van der Waals surface area contributed by atoms with E-state index in [1.807, 2.05) is 6.07 Å². The summed E-state index contributed by atoms with van der Waals surface area (Å²) in [5.41, 5.74) is 6.38. The third-order valence-electron chi connectivity index (χ3n) is 2.30. The number of nitrogens with two attached hydrogens (primary N) is 1. The van der Waals surface area contributed by atoms with Gasteiger partial charge in [-0.2, -0.15) is 13.2 Å². The topological polar surface area (TPSA) is 26.0 Å². The van der Waals surface area contributed by atoms with E-state index in [1.165, 1.54) is 6.07 Å². The van der Waals surface area contributed by atoms with Gasteiger partial charge in [0.05, 0.1) is 0 Å². The zero-order chi connectivity index (χ0) is 11.8. The molecule has 0 atom stereocenters. The number of fused-ring (bicyclic) bond motifs is 1. The van der Waals surface area contributed by atoms with Crippen LogP contribution in [0.5, 0.6) is 0 Å². The maximum absolute atomic E-state index is 12.5. The van der Waals surface area contributed by atoms with Crippen LogP contribution in [0, 0.1) is 0 Å². The molecule has 2 aromatic rings. The SMILES string of the molecule is NCCc1ccc2cc(C(F)(F)F)sc2c1. The molecule has 5 heteroatoms. The summed E-state index contributed by atoms with van der Waals surface area (Å²) in [6, 6.07) is 6.50. The third kappa shape index (κ3) is 2.20. The molecule has 0 bridgehead atoms. The van der Waals surface area contributed by atoms with Crippen molar-refractivity contribution in [2.24, 2.45) is 5.73 Å². The van der Waals surface area contributed by atoms with Gasteiger partial charge in [0.1, 0.15) is 4.88 Å².